The van der Waals surface area contributed by atoms with Crippen molar-refractivity contribution in [3.05, 3.63) is 64.6 Å². The van der Waals surface area contributed by atoms with Crippen LogP contribution in [0.15, 0.2) is 78.2 Å². The van der Waals surface area contributed by atoms with Gasteiger partial charge in [-0.25, -0.2) is 9.94 Å². The normalized spacial score (nSPS) is 12.5. The zero-order valence-electron chi connectivity index (χ0n) is 18.8. The van der Waals surface area contributed by atoms with Crippen molar-refractivity contribution in [2.45, 2.75) is 21.6 Å². The number of nitrogens with zero attached hydrogens (tertiary/aromatic N) is 3. The molecule has 200 valence electrons. The molecule has 0 saturated heterocycles. The third-order valence-corrected chi connectivity index (χ3v) is 7.35. The first kappa shape index (κ1) is 27.4. The Morgan fingerprint density at radius 3 is 2.21 bits per heavy atom. The van der Waals surface area contributed by atoms with Crippen LogP contribution in [-0.4, -0.2) is 46.1 Å². The molecule has 4 aromatic rings. The molecule has 0 fully saturated rings. The molecule has 5 N–H and O–H groups in total. The lowest BCUT2D eigenvalue weighted by Gasteiger charge is -2.12. The molecule has 0 saturated carbocycles. The number of azo groups is 1. The van der Waals surface area contributed by atoms with Crippen molar-refractivity contribution in [3.63, 3.8) is 0 Å². The van der Waals surface area contributed by atoms with E-state index < -0.39 is 36.4 Å². The second-order valence-electron chi connectivity index (χ2n) is 7.58. The van der Waals surface area contributed by atoms with Gasteiger partial charge in [-0.15, -0.1) is 9.45 Å². The Balaban J connectivity index is 1.85. The summed E-state index contributed by atoms with van der Waals surface area (Å²) < 4.78 is 70.2. The molecule has 4 rings (SSSR count). The van der Waals surface area contributed by atoms with Gasteiger partial charge in [-0.3, -0.25) is 19.0 Å². The van der Waals surface area contributed by atoms with Crippen LogP contribution < -0.4 is 5.56 Å². The number of H-pyrrole nitrogens is 1. The van der Waals surface area contributed by atoms with Crippen molar-refractivity contribution in [1.82, 2.24) is 9.78 Å². The molecule has 3 aromatic carbocycles. The Bertz CT molecular complexity index is 1850. The van der Waals surface area contributed by atoms with Gasteiger partial charge in [-0.2, -0.15) is 21.9 Å². The Hall–Kier alpha value is -3.62. The van der Waals surface area contributed by atoms with Crippen LogP contribution in [0.4, 0.5) is 11.4 Å². The number of aromatic hydroxyl groups is 1. The number of aromatic nitrogens is 2. The molecule has 0 aliphatic rings. The van der Waals surface area contributed by atoms with E-state index in [4.69, 9.17) is 9.81 Å². The number of aromatic amines is 1. The molecule has 0 bridgehead atoms. The molecule has 0 aliphatic heterocycles. The summed E-state index contributed by atoms with van der Waals surface area (Å²) in [6, 6.07) is 9.22. The molecule has 0 spiro atoms. The highest BCUT2D eigenvalue weighted by Gasteiger charge is 2.21. The number of rotatable bonds is 8. The zero-order valence-corrected chi connectivity index (χ0v) is 21.3. The third-order valence-electron chi connectivity index (χ3n) is 5.09. The van der Waals surface area contributed by atoms with Gasteiger partial charge in [0.25, 0.3) is 25.8 Å². The first-order valence-electron chi connectivity index (χ1n) is 10.0. The maximum Gasteiger partial charge on any atom is 0.299 e. The van der Waals surface area contributed by atoms with E-state index in [-0.39, 0.29) is 43.3 Å². The fourth-order valence-electron chi connectivity index (χ4n) is 3.46. The van der Waals surface area contributed by atoms with E-state index in [1.54, 1.807) is 0 Å². The van der Waals surface area contributed by atoms with E-state index in [1.165, 1.54) is 31.2 Å². The van der Waals surface area contributed by atoms with Crippen LogP contribution in [0.2, 0.25) is 0 Å². The topological polar surface area (TPSA) is 230 Å². The SMILES string of the molecule is Cc1[nH]n(-c2cc(S(=O)(=O)O)cc3cc(SOOO)cc(O)c23)c(=O)c1N=Nc1ccc(S(=O)(=O)O)cc1. The highest BCUT2D eigenvalue weighted by molar-refractivity contribution is 7.94. The summed E-state index contributed by atoms with van der Waals surface area (Å²) >= 11 is 0.486. The summed E-state index contributed by atoms with van der Waals surface area (Å²) in [5.41, 5.74) is -0.812. The van der Waals surface area contributed by atoms with Crippen molar-refractivity contribution in [3.8, 4) is 11.4 Å². The van der Waals surface area contributed by atoms with E-state index in [9.17, 15) is 31.3 Å². The van der Waals surface area contributed by atoms with Crippen molar-refractivity contribution in [2.75, 3.05) is 0 Å². The van der Waals surface area contributed by atoms with Crippen LogP contribution in [0.25, 0.3) is 16.5 Å². The number of fused-ring (bicyclic) bond motifs is 1. The first-order chi connectivity index (χ1) is 17.8. The molecule has 0 radical (unpaired) electrons. The number of hydrogen-bond acceptors (Lipinski definition) is 12. The maximum atomic E-state index is 13.2. The van der Waals surface area contributed by atoms with E-state index in [0.717, 1.165) is 28.9 Å². The fraction of sp³-hybridized carbons (Fsp3) is 0.0500. The van der Waals surface area contributed by atoms with Gasteiger partial charge in [-0.1, -0.05) is 5.04 Å². The van der Waals surface area contributed by atoms with E-state index >= 15 is 0 Å². The average molecular weight is 585 g/mol. The summed E-state index contributed by atoms with van der Waals surface area (Å²) in [5.74, 6) is -0.412. The second kappa shape index (κ2) is 10.3. The number of hydrogen-bond donors (Lipinski definition) is 5. The van der Waals surface area contributed by atoms with Gasteiger partial charge >= 0.3 is 0 Å². The molecule has 38 heavy (non-hydrogen) atoms. The van der Waals surface area contributed by atoms with Crippen LogP contribution in [0.3, 0.4) is 0 Å². The van der Waals surface area contributed by atoms with Crippen LogP contribution in [0.5, 0.6) is 5.75 Å². The van der Waals surface area contributed by atoms with E-state index in [0.29, 0.717) is 12.0 Å². The minimum Gasteiger partial charge on any atom is -0.507 e. The lowest BCUT2D eigenvalue weighted by Crippen LogP contribution is -2.15. The molecular weight excluding hydrogens is 568 g/mol. The van der Waals surface area contributed by atoms with Crippen LogP contribution in [-0.2, 0) is 29.6 Å². The Labute approximate surface area is 217 Å². The molecule has 1 aromatic heterocycles. The van der Waals surface area contributed by atoms with Crippen molar-refractivity contribution >= 4 is 54.4 Å². The predicted molar refractivity (Wildman–Crippen MR) is 131 cm³/mol. The molecule has 18 heteroatoms. The van der Waals surface area contributed by atoms with Crippen LogP contribution in [0.1, 0.15) is 5.69 Å². The van der Waals surface area contributed by atoms with Gasteiger partial charge in [0.05, 0.1) is 38.9 Å². The van der Waals surface area contributed by atoms with Crippen LogP contribution in [0, 0.1) is 6.92 Å². The van der Waals surface area contributed by atoms with Gasteiger partial charge in [0, 0.05) is 10.3 Å². The second-order valence-corrected chi connectivity index (χ2v) is 11.2. The Kier molecular flexibility index (Phi) is 7.41. The maximum absolute atomic E-state index is 13.2. The van der Waals surface area contributed by atoms with E-state index in [1.807, 2.05) is 0 Å². The molecule has 0 unspecified atom stereocenters. The highest BCUT2D eigenvalue weighted by atomic mass is 32.2. The Morgan fingerprint density at radius 2 is 1.61 bits per heavy atom. The molecule has 0 aliphatic carbocycles. The molecule has 0 atom stereocenters. The summed E-state index contributed by atoms with van der Waals surface area (Å²) in [4.78, 5) is 12.4. The van der Waals surface area contributed by atoms with Crippen molar-refractivity contribution in [1.29, 1.82) is 0 Å². The largest absolute Gasteiger partial charge is 0.507 e. The van der Waals surface area contributed by atoms with Gasteiger partial charge in [0.1, 0.15) is 5.75 Å². The summed E-state index contributed by atoms with van der Waals surface area (Å²) in [5, 5.41) is 33.1. The fourth-order valence-corrected chi connectivity index (χ4v) is 4.92. The average Bonchev–Trinajstić information content (AvgIpc) is 3.12. The van der Waals surface area contributed by atoms with Gasteiger partial charge < -0.3 is 5.11 Å². The highest BCUT2D eigenvalue weighted by Crippen LogP contribution is 2.37. The molecule has 15 nitrogen and oxygen atoms in total. The number of nitrogens with one attached hydrogen (secondary N) is 1. The first-order valence-corrected chi connectivity index (χ1v) is 13.7. The standard InChI is InChI=1S/C20H16N4O11S3/c1-10-19(22-21-12-2-4-14(5-3-12)37(28,29)30)20(26)24(23-10)16-9-15(38(31,32)33)7-11-6-13(36-35-34-27)8-17(25)18(11)16/h2-9,23,25,27H,1H3,(H,28,29,30)(H,31,32,33). The number of phenols is 1. The van der Waals surface area contributed by atoms with Crippen LogP contribution >= 0.6 is 12.0 Å². The van der Waals surface area contributed by atoms with Gasteiger partial charge in [-0.05, 0) is 60.8 Å². The summed E-state index contributed by atoms with van der Waals surface area (Å²) in [6.07, 6.45) is 0. The molecule has 0 amide bonds. The zero-order chi connectivity index (χ0) is 27.8. The summed E-state index contributed by atoms with van der Waals surface area (Å²) in [6.45, 7) is 1.48. The smallest absolute Gasteiger partial charge is 0.299 e. The van der Waals surface area contributed by atoms with Gasteiger partial charge in [0.2, 0.25) is 0 Å². The third kappa shape index (κ3) is 5.61. The molecular formula is C20H16N4O11S3. The summed E-state index contributed by atoms with van der Waals surface area (Å²) in [7, 11) is -9.17. The van der Waals surface area contributed by atoms with E-state index in [2.05, 4.69) is 24.7 Å². The lowest BCUT2D eigenvalue weighted by molar-refractivity contribution is -0.432. The predicted octanol–water partition coefficient (Wildman–Crippen LogP) is 3.67. The minimum absolute atomic E-state index is 0.0132. The monoisotopic (exact) mass is 584 g/mol. The Morgan fingerprint density at radius 1 is 0.947 bits per heavy atom. The quantitative estimate of drug-likeness (QED) is 0.0656. The van der Waals surface area contributed by atoms with Gasteiger partial charge in [0.15, 0.2) is 5.69 Å². The van der Waals surface area contributed by atoms with Crippen molar-refractivity contribution < 1.29 is 45.7 Å². The lowest BCUT2D eigenvalue weighted by atomic mass is 10.1. The molecule has 1 heterocycles. The van der Waals surface area contributed by atoms with Crippen molar-refractivity contribution in [2.24, 2.45) is 10.2 Å². The number of aryl methyl sites for hydroxylation is 1. The number of benzene rings is 3. The minimum atomic E-state index is -4.76. The number of phenolic OH excluding ortho intramolecular Hbond substituents is 1.